The minimum Gasteiger partial charge on any atom is -0.352 e. The molecular weight excluding hydrogens is 330 g/mol. The molecule has 0 saturated carbocycles. The molecule has 24 heavy (non-hydrogen) atoms. The van der Waals surface area contributed by atoms with Crippen molar-refractivity contribution < 1.29 is 8.42 Å². The van der Waals surface area contributed by atoms with Crippen LogP contribution in [-0.2, 0) is 10.2 Å². The summed E-state index contributed by atoms with van der Waals surface area (Å²) in [6.45, 7) is 4.40. The van der Waals surface area contributed by atoms with Crippen molar-refractivity contribution in [3.05, 3.63) is 18.0 Å². The second-order valence-electron chi connectivity index (χ2n) is 6.40. The molecule has 0 aromatic carbocycles. The summed E-state index contributed by atoms with van der Waals surface area (Å²) in [6, 6.07) is 3.75. The molecule has 130 valence electrons. The molecule has 0 unspecified atom stereocenters. The molecule has 0 amide bonds. The van der Waals surface area contributed by atoms with E-state index in [0.717, 1.165) is 24.5 Å². The number of nitrogens with zero attached hydrogens (tertiary/aromatic N) is 7. The SMILES string of the molecule is Cc1nnc2ccc(N3CC(N(C)S(=O)(=O)N4CCCC4)C3)nn12. The van der Waals surface area contributed by atoms with Gasteiger partial charge in [0, 0.05) is 33.2 Å². The first-order chi connectivity index (χ1) is 11.5. The molecule has 2 saturated heterocycles. The molecule has 4 rings (SSSR count). The lowest BCUT2D eigenvalue weighted by molar-refractivity contribution is 0.287. The molecule has 0 radical (unpaired) electrons. The summed E-state index contributed by atoms with van der Waals surface area (Å²) in [5.41, 5.74) is 0.710. The molecule has 2 fully saturated rings. The van der Waals surface area contributed by atoms with E-state index >= 15 is 0 Å². The highest BCUT2D eigenvalue weighted by Gasteiger charge is 2.39. The predicted molar refractivity (Wildman–Crippen MR) is 89.0 cm³/mol. The van der Waals surface area contributed by atoms with E-state index in [0.29, 0.717) is 31.8 Å². The molecule has 0 aliphatic carbocycles. The number of fused-ring (bicyclic) bond motifs is 1. The van der Waals surface area contributed by atoms with Gasteiger partial charge in [-0.1, -0.05) is 0 Å². The lowest BCUT2D eigenvalue weighted by atomic mass is 10.1. The molecule has 9 nitrogen and oxygen atoms in total. The molecule has 0 bridgehead atoms. The Bertz CT molecular complexity index is 853. The van der Waals surface area contributed by atoms with Crippen LogP contribution in [-0.4, -0.2) is 76.1 Å². The van der Waals surface area contributed by atoms with Crippen LogP contribution in [0.5, 0.6) is 0 Å². The molecule has 10 heteroatoms. The van der Waals surface area contributed by atoms with Gasteiger partial charge in [-0.15, -0.1) is 15.3 Å². The van der Waals surface area contributed by atoms with E-state index in [4.69, 9.17) is 0 Å². The Labute approximate surface area is 141 Å². The summed E-state index contributed by atoms with van der Waals surface area (Å²) in [5, 5.41) is 12.5. The number of aromatic nitrogens is 4. The van der Waals surface area contributed by atoms with E-state index in [-0.39, 0.29) is 6.04 Å². The van der Waals surface area contributed by atoms with Crippen molar-refractivity contribution >= 4 is 21.7 Å². The summed E-state index contributed by atoms with van der Waals surface area (Å²) in [7, 11) is -1.67. The van der Waals surface area contributed by atoms with Crippen LogP contribution in [0, 0.1) is 6.92 Å². The van der Waals surface area contributed by atoms with Crippen molar-refractivity contribution in [1.82, 2.24) is 28.4 Å². The van der Waals surface area contributed by atoms with Crippen LogP contribution in [0.3, 0.4) is 0 Å². The topological polar surface area (TPSA) is 86.9 Å². The van der Waals surface area contributed by atoms with E-state index in [1.54, 1.807) is 15.9 Å². The van der Waals surface area contributed by atoms with Crippen molar-refractivity contribution in [3.8, 4) is 0 Å². The van der Waals surface area contributed by atoms with Crippen LogP contribution in [0.4, 0.5) is 5.82 Å². The van der Waals surface area contributed by atoms with Crippen molar-refractivity contribution in [2.45, 2.75) is 25.8 Å². The highest BCUT2D eigenvalue weighted by atomic mass is 32.2. The molecule has 2 aromatic rings. The van der Waals surface area contributed by atoms with E-state index in [2.05, 4.69) is 20.2 Å². The molecular formula is C14H21N7O2S. The standard InChI is InChI=1S/C14H21N7O2S/c1-11-15-16-13-5-6-14(17-21(11)13)19-9-12(10-19)18(2)24(22,23)20-7-3-4-8-20/h5-6,12H,3-4,7-10H2,1-2H3. The third-order valence-corrected chi connectivity index (χ3v) is 6.90. The fraction of sp³-hybridized carbons (Fsp3) is 0.643. The van der Waals surface area contributed by atoms with Gasteiger partial charge < -0.3 is 4.90 Å². The maximum atomic E-state index is 12.6. The summed E-state index contributed by atoms with van der Waals surface area (Å²) >= 11 is 0. The van der Waals surface area contributed by atoms with Crippen molar-refractivity contribution in [1.29, 1.82) is 0 Å². The summed E-state index contributed by atoms with van der Waals surface area (Å²) in [6.07, 6.45) is 1.90. The third kappa shape index (κ3) is 2.45. The summed E-state index contributed by atoms with van der Waals surface area (Å²) in [4.78, 5) is 2.07. The van der Waals surface area contributed by atoms with Crippen LogP contribution < -0.4 is 4.90 Å². The maximum absolute atomic E-state index is 12.6. The van der Waals surface area contributed by atoms with Gasteiger partial charge >= 0.3 is 0 Å². The quantitative estimate of drug-likeness (QED) is 0.764. The minimum absolute atomic E-state index is 0.0184. The second kappa shape index (κ2) is 5.64. The summed E-state index contributed by atoms with van der Waals surface area (Å²) in [5.74, 6) is 1.55. The van der Waals surface area contributed by atoms with E-state index in [1.807, 2.05) is 19.1 Å². The van der Waals surface area contributed by atoms with Crippen molar-refractivity contribution in [2.75, 3.05) is 38.1 Å². The maximum Gasteiger partial charge on any atom is 0.282 e. The molecule has 2 aliphatic heterocycles. The first kappa shape index (κ1) is 15.7. The predicted octanol–water partition coefficient (Wildman–Crippen LogP) is -0.106. The minimum atomic E-state index is -3.34. The fourth-order valence-electron chi connectivity index (χ4n) is 3.22. The van der Waals surface area contributed by atoms with Crippen LogP contribution >= 0.6 is 0 Å². The lowest BCUT2D eigenvalue weighted by Gasteiger charge is -2.44. The average molecular weight is 351 g/mol. The Morgan fingerprint density at radius 3 is 2.58 bits per heavy atom. The Morgan fingerprint density at radius 1 is 1.17 bits per heavy atom. The number of anilines is 1. The van der Waals surface area contributed by atoms with Gasteiger partial charge in [0.25, 0.3) is 10.2 Å². The van der Waals surface area contributed by atoms with Gasteiger partial charge in [-0.3, -0.25) is 0 Å². The van der Waals surface area contributed by atoms with Crippen LogP contribution in [0.25, 0.3) is 5.65 Å². The number of hydrogen-bond donors (Lipinski definition) is 0. The highest BCUT2D eigenvalue weighted by Crippen LogP contribution is 2.25. The molecule has 2 aliphatic rings. The lowest BCUT2D eigenvalue weighted by Crippen LogP contribution is -2.61. The molecule has 2 aromatic heterocycles. The van der Waals surface area contributed by atoms with E-state index < -0.39 is 10.2 Å². The van der Waals surface area contributed by atoms with Gasteiger partial charge in [0.1, 0.15) is 5.82 Å². The summed E-state index contributed by atoms with van der Waals surface area (Å²) < 4.78 is 30.0. The largest absolute Gasteiger partial charge is 0.352 e. The first-order valence-electron chi connectivity index (χ1n) is 8.14. The normalized spacial score (nSPS) is 20.2. The van der Waals surface area contributed by atoms with Crippen LogP contribution in [0.1, 0.15) is 18.7 Å². The fourth-order valence-corrected chi connectivity index (χ4v) is 4.81. The Morgan fingerprint density at radius 2 is 1.88 bits per heavy atom. The molecule has 4 heterocycles. The Kier molecular flexibility index (Phi) is 3.70. The van der Waals surface area contributed by atoms with Crippen LogP contribution in [0.15, 0.2) is 12.1 Å². The zero-order chi connectivity index (χ0) is 16.9. The zero-order valence-electron chi connectivity index (χ0n) is 13.8. The molecule has 0 atom stereocenters. The highest BCUT2D eigenvalue weighted by molar-refractivity contribution is 7.86. The Balaban J connectivity index is 1.46. The average Bonchev–Trinajstić information content (AvgIpc) is 3.17. The van der Waals surface area contributed by atoms with Gasteiger partial charge in [-0.2, -0.15) is 21.5 Å². The number of rotatable bonds is 4. The van der Waals surface area contributed by atoms with Crippen molar-refractivity contribution in [3.63, 3.8) is 0 Å². The monoisotopic (exact) mass is 351 g/mol. The van der Waals surface area contributed by atoms with Gasteiger partial charge in [0.05, 0.1) is 6.04 Å². The number of likely N-dealkylation sites (N-methyl/N-ethyl adjacent to an activating group) is 1. The smallest absolute Gasteiger partial charge is 0.282 e. The first-order valence-corrected chi connectivity index (χ1v) is 9.53. The molecule has 0 N–H and O–H groups in total. The van der Waals surface area contributed by atoms with E-state index in [1.165, 1.54) is 4.31 Å². The second-order valence-corrected chi connectivity index (χ2v) is 8.39. The van der Waals surface area contributed by atoms with Gasteiger partial charge in [-0.25, -0.2) is 0 Å². The van der Waals surface area contributed by atoms with Gasteiger partial charge in [0.15, 0.2) is 11.5 Å². The van der Waals surface area contributed by atoms with Crippen LogP contribution in [0.2, 0.25) is 0 Å². The zero-order valence-corrected chi connectivity index (χ0v) is 14.6. The number of aryl methyl sites for hydroxylation is 1. The van der Waals surface area contributed by atoms with Gasteiger partial charge in [-0.05, 0) is 31.9 Å². The van der Waals surface area contributed by atoms with Crippen molar-refractivity contribution in [2.24, 2.45) is 0 Å². The van der Waals surface area contributed by atoms with E-state index in [9.17, 15) is 8.42 Å². The molecule has 0 spiro atoms. The third-order valence-electron chi connectivity index (χ3n) is 4.86. The van der Waals surface area contributed by atoms with Gasteiger partial charge in [0.2, 0.25) is 0 Å². The number of hydrogen-bond acceptors (Lipinski definition) is 6. The Hall–Kier alpha value is -1.78.